The van der Waals surface area contributed by atoms with Crippen LogP contribution in [-0.2, 0) is 5.60 Å². The lowest BCUT2D eigenvalue weighted by Crippen LogP contribution is -2.52. The van der Waals surface area contributed by atoms with Gasteiger partial charge in [-0.25, -0.2) is 9.37 Å². The number of rotatable bonds is 8. The summed E-state index contributed by atoms with van der Waals surface area (Å²) < 4.78 is 20.0. The van der Waals surface area contributed by atoms with E-state index in [2.05, 4.69) is 50.4 Å². The zero-order chi connectivity index (χ0) is 30.0. The summed E-state index contributed by atoms with van der Waals surface area (Å²) in [6, 6.07) is 10.8. The predicted octanol–water partition coefficient (Wildman–Crippen LogP) is 6.12. The van der Waals surface area contributed by atoms with Gasteiger partial charge in [0, 0.05) is 74.4 Å². The van der Waals surface area contributed by atoms with E-state index >= 15 is 0 Å². The maximum absolute atomic E-state index is 14.1. The zero-order valence-corrected chi connectivity index (χ0v) is 25.9. The number of pyridine rings is 1. The van der Waals surface area contributed by atoms with Gasteiger partial charge in [-0.1, -0.05) is 17.7 Å². The number of piperidine rings is 1. The molecule has 10 heteroatoms. The van der Waals surface area contributed by atoms with Gasteiger partial charge in [0.2, 0.25) is 0 Å². The molecule has 0 bridgehead atoms. The standard InChI is InChI=1S/C32H42ClFN6O2/c1-21-16-29(40-10-8-23(9-11-40)39-14-12-38(4)13-15-39)30(42-5)18-26(21)37-31-19-28(25(33)20-35-31)36-27-17-22(34)6-7-24(27)32(2,3)41/h6-7,16-20,23,41H,8-15H2,1-5H3,(H2,35,36,37). The number of likely N-dealkylation sites (N-methyl/N-ethyl adjacent to an activating group) is 1. The van der Waals surface area contributed by atoms with Crippen molar-refractivity contribution in [2.24, 2.45) is 0 Å². The summed E-state index contributed by atoms with van der Waals surface area (Å²) in [6.07, 6.45) is 3.84. The first kappa shape index (κ1) is 30.4. The van der Waals surface area contributed by atoms with Crippen molar-refractivity contribution in [2.45, 2.75) is 45.3 Å². The molecule has 42 heavy (non-hydrogen) atoms. The predicted molar refractivity (Wildman–Crippen MR) is 169 cm³/mol. The van der Waals surface area contributed by atoms with Gasteiger partial charge in [-0.05, 0) is 64.4 Å². The Hall–Kier alpha value is -3.11. The smallest absolute Gasteiger partial charge is 0.144 e. The number of aliphatic hydroxyl groups is 1. The lowest BCUT2D eigenvalue weighted by atomic mass is 9.96. The van der Waals surface area contributed by atoms with Crippen LogP contribution >= 0.6 is 11.6 Å². The number of anilines is 5. The van der Waals surface area contributed by atoms with Gasteiger partial charge in [-0.15, -0.1) is 0 Å². The molecule has 3 heterocycles. The fourth-order valence-corrected chi connectivity index (χ4v) is 6.07. The number of halogens is 2. The third-order valence-electron chi connectivity index (χ3n) is 8.41. The number of nitrogens with one attached hydrogen (secondary N) is 2. The molecule has 0 radical (unpaired) electrons. The molecular formula is C32H42ClFN6O2. The largest absolute Gasteiger partial charge is 0.495 e. The number of ether oxygens (including phenoxy) is 1. The van der Waals surface area contributed by atoms with Crippen molar-refractivity contribution in [2.75, 3.05) is 69.0 Å². The van der Waals surface area contributed by atoms with E-state index in [4.69, 9.17) is 16.3 Å². The van der Waals surface area contributed by atoms with Crippen molar-refractivity contribution in [3.8, 4) is 5.75 Å². The van der Waals surface area contributed by atoms with Crippen LogP contribution in [0.1, 0.15) is 37.8 Å². The first-order chi connectivity index (χ1) is 20.0. The second-order valence-electron chi connectivity index (χ2n) is 11.9. The minimum atomic E-state index is -1.17. The first-order valence-corrected chi connectivity index (χ1v) is 15.0. The van der Waals surface area contributed by atoms with E-state index < -0.39 is 11.4 Å². The molecule has 226 valence electrons. The molecule has 3 N–H and O–H groups in total. The zero-order valence-electron chi connectivity index (χ0n) is 25.2. The van der Waals surface area contributed by atoms with Gasteiger partial charge in [0.1, 0.15) is 17.4 Å². The Morgan fingerprint density at radius 3 is 2.36 bits per heavy atom. The van der Waals surface area contributed by atoms with Crippen molar-refractivity contribution < 1.29 is 14.2 Å². The number of nitrogens with zero attached hydrogens (tertiary/aromatic N) is 4. The Morgan fingerprint density at radius 2 is 1.69 bits per heavy atom. The fourth-order valence-electron chi connectivity index (χ4n) is 5.92. The molecule has 2 aliphatic heterocycles. The summed E-state index contributed by atoms with van der Waals surface area (Å²) in [5, 5.41) is 17.5. The van der Waals surface area contributed by atoms with Crippen LogP contribution in [-0.4, -0.2) is 79.4 Å². The third-order valence-corrected chi connectivity index (χ3v) is 8.71. The van der Waals surface area contributed by atoms with Crippen molar-refractivity contribution in [3.63, 3.8) is 0 Å². The average Bonchev–Trinajstić information content (AvgIpc) is 2.95. The summed E-state index contributed by atoms with van der Waals surface area (Å²) in [4.78, 5) is 12.0. The van der Waals surface area contributed by atoms with Crippen LogP contribution in [0.25, 0.3) is 0 Å². The SMILES string of the molecule is COc1cc(Nc2cc(Nc3cc(F)ccc3C(C)(C)O)c(Cl)cn2)c(C)cc1N1CCC(N2CCN(C)CC2)CC1. The highest BCUT2D eigenvalue weighted by Crippen LogP contribution is 2.38. The van der Waals surface area contributed by atoms with Crippen molar-refractivity contribution in [1.82, 2.24) is 14.8 Å². The van der Waals surface area contributed by atoms with Crippen molar-refractivity contribution >= 4 is 40.2 Å². The van der Waals surface area contributed by atoms with E-state index in [0.29, 0.717) is 33.8 Å². The molecule has 2 fully saturated rings. The molecule has 0 amide bonds. The van der Waals surface area contributed by atoms with Gasteiger partial charge in [0.15, 0.2) is 0 Å². The summed E-state index contributed by atoms with van der Waals surface area (Å²) in [7, 11) is 3.91. The van der Waals surface area contributed by atoms with Crippen LogP contribution in [0, 0.1) is 12.7 Å². The Labute approximate surface area is 253 Å². The lowest BCUT2D eigenvalue weighted by molar-refractivity contribution is 0.0793. The van der Waals surface area contributed by atoms with Crippen LogP contribution in [0.4, 0.5) is 33.0 Å². The van der Waals surface area contributed by atoms with Crippen molar-refractivity contribution in [1.29, 1.82) is 0 Å². The Morgan fingerprint density at radius 1 is 0.976 bits per heavy atom. The summed E-state index contributed by atoms with van der Waals surface area (Å²) in [6.45, 7) is 12.0. The number of aryl methyl sites for hydroxylation is 1. The number of hydrogen-bond acceptors (Lipinski definition) is 8. The lowest BCUT2D eigenvalue weighted by Gasteiger charge is -2.42. The topological polar surface area (TPSA) is 76.1 Å². The summed E-state index contributed by atoms with van der Waals surface area (Å²) in [5.41, 5.74) is 3.38. The van der Waals surface area contributed by atoms with Gasteiger partial charge >= 0.3 is 0 Å². The second kappa shape index (κ2) is 12.6. The number of benzene rings is 2. The maximum Gasteiger partial charge on any atom is 0.144 e. The van der Waals surface area contributed by atoms with Crippen molar-refractivity contribution in [3.05, 3.63) is 64.6 Å². The first-order valence-electron chi connectivity index (χ1n) is 14.6. The molecule has 2 saturated heterocycles. The molecule has 0 saturated carbocycles. The monoisotopic (exact) mass is 596 g/mol. The van der Waals surface area contributed by atoms with E-state index in [1.54, 1.807) is 39.3 Å². The highest BCUT2D eigenvalue weighted by molar-refractivity contribution is 6.33. The van der Waals surface area contributed by atoms with E-state index in [-0.39, 0.29) is 0 Å². The number of aromatic nitrogens is 1. The average molecular weight is 597 g/mol. The van der Waals surface area contributed by atoms with Gasteiger partial charge in [0.25, 0.3) is 0 Å². The van der Waals surface area contributed by atoms with Crippen LogP contribution in [0.3, 0.4) is 0 Å². The number of piperazine rings is 1. The Balaban J connectivity index is 1.31. The van der Waals surface area contributed by atoms with Gasteiger partial charge in [0.05, 0.1) is 35.3 Å². The highest BCUT2D eigenvalue weighted by atomic mass is 35.5. The molecule has 0 spiro atoms. The molecule has 1 aromatic heterocycles. The minimum Gasteiger partial charge on any atom is -0.495 e. The van der Waals surface area contributed by atoms with Gasteiger partial charge in [-0.3, -0.25) is 4.90 Å². The Kier molecular flexibility index (Phi) is 9.13. The van der Waals surface area contributed by atoms with Crippen LogP contribution < -0.4 is 20.3 Å². The van der Waals surface area contributed by atoms with Gasteiger partial charge in [-0.2, -0.15) is 0 Å². The van der Waals surface area contributed by atoms with E-state index in [1.165, 1.54) is 12.1 Å². The quantitative estimate of drug-likeness (QED) is 0.287. The number of hydrogen-bond donors (Lipinski definition) is 3. The second-order valence-corrected chi connectivity index (χ2v) is 12.4. The van der Waals surface area contributed by atoms with Crippen LogP contribution in [0.15, 0.2) is 42.6 Å². The molecule has 0 aliphatic carbocycles. The number of methoxy groups -OCH3 is 1. The molecule has 0 atom stereocenters. The Bertz CT molecular complexity index is 1400. The summed E-state index contributed by atoms with van der Waals surface area (Å²) >= 11 is 6.47. The van der Waals surface area contributed by atoms with Crippen LogP contribution in [0.5, 0.6) is 5.75 Å². The molecule has 3 aromatic rings. The van der Waals surface area contributed by atoms with E-state index in [1.807, 2.05) is 6.07 Å². The molecule has 2 aromatic carbocycles. The highest BCUT2D eigenvalue weighted by Gasteiger charge is 2.28. The minimum absolute atomic E-state index is 0.371. The van der Waals surface area contributed by atoms with E-state index in [9.17, 15) is 9.50 Å². The van der Waals surface area contributed by atoms with Gasteiger partial charge < -0.3 is 30.3 Å². The normalized spacial score (nSPS) is 17.4. The third kappa shape index (κ3) is 6.92. The van der Waals surface area contributed by atoms with Crippen LogP contribution in [0.2, 0.25) is 5.02 Å². The van der Waals surface area contributed by atoms with E-state index in [0.717, 1.165) is 74.8 Å². The molecular weight excluding hydrogens is 555 g/mol. The molecule has 5 rings (SSSR count). The maximum atomic E-state index is 14.1. The fraction of sp³-hybridized carbons (Fsp3) is 0.469. The summed E-state index contributed by atoms with van der Waals surface area (Å²) in [5.74, 6) is 0.956. The molecule has 2 aliphatic rings. The molecule has 8 nitrogen and oxygen atoms in total. The molecule has 0 unspecified atom stereocenters.